The Kier molecular flexibility index (Phi) is 4.99. The predicted octanol–water partition coefficient (Wildman–Crippen LogP) is 3.35. The number of carbonyl (C=O) groups is 2. The van der Waals surface area contributed by atoms with Gasteiger partial charge in [0.2, 0.25) is 5.76 Å². The summed E-state index contributed by atoms with van der Waals surface area (Å²) in [5, 5.41) is 23.4. The number of carboxylic acids is 1. The number of hydrogen-bond acceptors (Lipinski definition) is 5. The Labute approximate surface area is 172 Å². The molecule has 0 aliphatic carbocycles. The minimum atomic E-state index is -1.68. The lowest BCUT2D eigenvalue weighted by Crippen LogP contribution is -2.52. The standard InChI is InChI=1S/C23H19NO6/c1-29-20-21(25)24-18-11-8-14(7-9-16-10-12-19(30-16)22(26)27)13-17(18)23(20,28)15-5-3-2-4-6-15/h2-13,20,28H,1H3,(H,24,25)(H,26,27)/b9-7+. The molecule has 0 bridgehead atoms. The molecule has 3 aromatic rings. The Morgan fingerprint density at radius 2 is 1.90 bits per heavy atom. The van der Waals surface area contributed by atoms with E-state index >= 15 is 0 Å². The number of anilines is 1. The minimum Gasteiger partial charge on any atom is -0.475 e. The normalized spacial score (nSPS) is 20.7. The van der Waals surface area contributed by atoms with Crippen LogP contribution in [0.1, 0.15) is 33.0 Å². The molecule has 0 spiro atoms. The van der Waals surface area contributed by atoms with Crippen LogP contribution in [-0.4, -0.2) is 35.3 Å². The number of rotatable bonds is 5. The molecule has 2 unspecified atom stereocenters. The highest BCUT2D eigenvalue weighted by molar-refractivity contribution is 6.00. The van der Waals surface area contributed by atoms with Gasteiger partial charge in [0.15, 0.2) is 11.7 Å². The van der Waals surface area contributed by atoms with E-state index in [2.05, 4.69) is 5.32 Å². The number of fused-ring (bicyclic) bond motifs is 1. The largest absolute Gasteiger partial charge is 0.475 e. The predicted molar refractivity (Wildman–Crippen MR) is 110 cm³/mol. The van der Waals surface area contributed by atoms with Crippen molar-refractivity contribution >= 4 is 29.7 Å². The fourth-order valence-corrected chi connectivity index (χ4v) is 3.63. The van der Waals surface area contributed by atoms with E-state index in [4.69, 9.17) is 14.3 Å². The molecular formula is C23H19NO6. The number of methoxy groups -OCH3 is 1. The summed E-state index contributed by atoms with van der Waals surface area (Å²) in [6.07, 6.45) is 2.23. The van der Waals surface area contributed by atoms with Crippen molar-refractivity contribution in [2.75, 3.05) is 12.4 Å². The summed E-state index contributed by atoms with van der Waals surface area (Å²) in [5.41, 5.74) is 0.558. The number of hydrogen-bond donors (Lipinski definition) is 3. The molecule has 152 valence electrons. The smallest absolute Gasteiger partial charge is 0.371 e. The number of nitrogens with one attached hydrogen (secondary N) is 1. The molecule has 2 heterocycles. The van der Waals surface area contributed by atoms with Gasteiger partial charge in [-0.25, -0.2) is 4.79 Å². The van der Waals surface area contributed by atoms with Crippen molar-refractivity contribution in [3.8, 4) is 0 Å². The van der Waals surface area contributed by atoms with E-state index in [1.165, 1.54) is 13.2 Å². The van der Waals surface area contributed by atoms with Crippen LogP contribution in [0.25, 0.3) is 12.2 Å². The number of ether oxygens (including phenoxy) is 1. The fraction of sp³-hybridized carbons (Fsp3) is 0.130. The summed E-state index contributed by atoms with van der Waals surface area (Å²) < 4.78 is 10.6. The topological polar surface area (TPSA) is 109 Å². The lowest BCUT2D eigenvalue weighted by molar-refractivity contribution is -0.142. The number of amides is 1. The molecule has 2 atom stereocenters. The highest BCUT2D eigenvalue weighted by atomic mass is 16.5. The molecule has 30 heavy (non-hydrogen) atoms. The van der Waals surface area contributed by atoms with Crippen LogP contribution in [0.4, 0.5) is 5.69 Å². The van der Waals surface area contributed by atoms with E-state index in [9.17, 15) is 14.7 Å². The molecule has 0 fully saturated rings. The summed E-state index contributed by atoms with van der Waals surface area (Å²) >= 11 is 0. The number of carboxylic acid groups (broad SMARTS) is 1. The zero-order chi connectivity index (χ0) is 21.3. The first kappa shape index (κ1) is 19.6. The van der Waals surface area contributed by atoms with E-state index < -0.39 is 23.6 Å². The number of aliphatic hydroxyl groups is 1. The second-order valence-electron chi connectivity index (χ2n) is 6.88. The second-order valence-corrected chi connectivity index (χ2v) is 6.88. The van der Waals surface area contributed by atoms with Crippen LogP contribution in [0, 0.1) is 0 Å². The van der Waals surface area contributed by atoms with Crippen molar-refractivity contribution in [3.05, 3.63) is 88.9 Å². The summed E-state index contributed by atoms with van der Waals surface area (Å²) in [6.45, 7) is 0. The summed E-state index contributed by atoms with van der Waals surface area (Å²) in [5.74, 6) is -1.34. The van der Waals surface area contributed by atoms with Gasteiger partial charge in [-0.3, -0.25) is 4.79 Å². The molecule has 1 aliphatic rings. The Balaban J connectivity index is 1.77. The first-order chi connectivity index (χ1) is 14.4. The van der Waals surface area contributed by atoms with E-state index in [1.54, 1.807) is 60.7 Å². The Hall–Kier alpha value is -3.68. The van der Waals surface area contributed by atoms with Gasteiger partial charge in [-0.05, 0) is 41.5 Å². The van der Waals surface area contributed by atoms with Gasteiger partial charge in [0.1, 0.15) is 5.76 Å². The fourth-order valence-electron chi connectivity index (χ4n) is 3.63. The maximum atomic E-state index is 12.6. The number of aromatic carboxylic acids is 1. The molecule has 1 amide bonds. The third-order valence-electron chi connectivity index (χ3n) is 5.06. The molecule has 7 heteroatoms. The van der Waals surface area contributed by atoms with Gasteiger partial charge in [0.05, 0.1) is 0 Å². The molecule has 4 rings (SSSR count). The van der Waals surface area contributed by atoms with Crippen molar-refractivity contribution in [2.45, 2.75) is 11.7 Å². The third-order valence-corrected chi connectivity index (χ3v) is 5.06. The number of furan rings is 1. The van der Waals surface area contributed by atoms with Crippen LogP contribution in [0.15, 0.2) is 65.1 Å². The summed E-state index contributed by atoms with van der Waals surface area (Å²) in [4.78, 5) is 23.5. The van der Waals surface area contributed by atoms with Crippen LogP contribution >= 0.6 is 0 Å². The molecule has 0 saturated heterocycles. The van der Waals surface area contributed by atoms with Crippen molar-refractivity contribution in [1.29, 1.82) is 0 Å². The van der Waals surface area contributed by atoms with Crippen molar-refractivity contribution < 1.29 is 29.0 Å². The average Bonchev–Trinajstić information content (AvgIpc) is 3.23. The zero-order valence-corrected chi connectivity index (χ0v) is 16.0. The van der Waals surface area contributed by atoms with Crippen molar-refractivity contribution in [3.63, 3.8) is 0 Å². The van der Waals surface area contributed by atoms with E-state index in [0.29, 0.717) is 22.6 Å². The van der Waals surface area contributed by atoms with E-state index in [0.717, 1.165) is 5.56 Å². The van der Waals surface area contributed by atoms with Gasteiger partial charge >= 0.3 is 5.97 Å². The highest BCUT2D eigenvalue weighted by Crippen LogP contribution is 2.42. The van der Waals surface area contributed by atoms with Crippen LogP contribution in [-0.2, 0) is 15.1 Å². The van der Waals surface area contributed by atoms with Crippen LogP contribution in [0.5, 0.6) is 0 Å². The lowest BCUT2D eigenvalue weighted by Gasteiger charge is -2.40. The maximum Gasteiger partial charge on any atom is 0.371 e. The van der Waals surface area contributed by atoms with Crippen molar-refractivity contribution in [2.24, 2.45) is 0 Å². The van der Waals surface area contributed by atoms with E-state index in [-0.39, 0.29) is 5.76 Å². The molecule has 1 aromatic heterocycles. The molecule has 0 saturated carbocycles. The van der Waals surface area contributed by atoms with Gasteiger partial charge in [-0.2, -0.15) is 0 Å². The maximum absolute atomic E-state index is 12.6. The molecule has 1 aliphatic heterocycles. The van der Waals surface area contributed by atoms with Gasteiger partial charge in [0.25, 0.3) is 5.91 Å². The summed E-state index contributed by atoms with van der Waals surface area (Å²) in [7, 11) is 1.38. The molecule has 3 N–H and O–H groups in total. The average molecular weight is 405 g/mol. The highest BCUT2D eigenvalue weighted by Gasteiger charge is 2.49. The lowest BCUT2D eigenvalue weighted by atomic mass is 9.77. The molecular weight excluding hydrogens is 386 g/mol. The van der Waals surface area contributed by atoms with Gasteiger partial charge < -0.3 is 24.7 Å². The SMILES string of the molecule is COC1C(=O)Nc2ccc(/C=C/c3ccc(C(=O)O)o3)cc2C1(O)c1ccccc1. The zero-order valence-electron chi connectivity index (χ0n) is 16.0. The van der Waals surface area contributed by atoms with Crippen LogP contribution < -0.4 is 5.32 Å². The van der Waals surface area contributed by atoms with Gasteiger partial charge in [-0.1, -0.05) is 42.5 Å². The molecule has 0 radical (unpaired) electrons. The number of carbonyl (C=O) groups excluding carboxylic acids is 1. The monoisotopic (exact) mass is 405 g/mol. The van der Waals surface area contributed by atoms with E-state index in [1.807, 2.05) is 6.07 Å². The molecule has 2 aromatic carbocycles. The second kappa shape index (κ2) is 7.62. The summed E-state index contributed by atoms with van der Waals surface area (Å²) in [6, 6.07) is 17.0. The van der Waals surface area contributed by atoms with Crippen LogP contribution in [0.2, 0.25) is 0 Å². The first-order valence-electron chi connectivity index (χ1n) is 9.21. The molecule has 7 nitrogen and oxygen atoms in total. The van der Waals surface area contributed by atoms with Crippen LogP contribution in [0.3, 0.4) is 0 Å². The Morgan fingerprint density at radius 3 is 2.57 bits per heavy atom. The minimum absolute atomic E-state index is 0.149. The Bertz CT molecular complexity index is 1130. The Morgan fingerprint density at radius 1 is 1.13 bits per heavy atom. The van der Waals surface area contributed by atoms with Crippen molar-refractivity contribution in [1.82, 2.24) is 0 Å². The van der Waals surface area contributed by atoms with Gasteiger partial charge in [-0.15, -0.1) is 0 Å². The quantitative estimate of drug-likeness (QED) is 0.601. The first-order valence-corrected chi connectivity index (χ1v) is 9.21. The third kappa shape index (κ3) is 3.30. The van der Waals surface area contributed by atoms with Gasteiger partial charge in [0, 0.05) is 18.4 Å². The number of benzene rings is 2.